The molecule has 1 aliphatic rings. The predicted molar refractivity (Wildman–Crippen MR) is 58.4 cm³/mol. The van der Waals surface area contributed by atoms with Gasteiger partial charge in [0.25, 0.3) is 0 Å². The lowest BCUT2D eigenvalue weighted by Crippen LogP contribution is -2.40. The monoisotopic (exact) mass is 214 g/mol. The molecule has 1 saturated carbocycles. The summed E-state index contributed by atoms with van der Waals surface area (Å²) in [5.74, 6) is 0.0834. The molecular weight excluding hydrogens is 192 g/mol. The molecule has 3 heteroatoms. The summed E-state index contributed by atoms with van der Waals surface area (Å²) >= 11 is 0. The van der Waals surface area contributed by atoms with Gasteiger partial charge in [-0.1, -0.05) is 26.2 Å². The van der Waals surface area contributed by atoms with Gasteiger partial charge in [-0.3, -0.25) is 4.79 Å². The van der Waals surface area contributed by atoms with E-state index in [0.717, 1.165) is 38.5 Å². The topological polar surface area (TPSA) is 46.5 Å². The van der Waals surface area contributed by atoms with Crippen molar-refractivity contribution >= 4 is 5.97 Å². The molecule has 3 atom stereocenters. The Morgan fingerprint density at radius 1 is 1.47 bits per heavy atom. The Morgan fingerprint density at radius 3 is 2.80 bits per heavy atom. The third-order valence-corrected chi connectivity index (χ3v) is 3.15. The highest BCUT2D eigenvalue weighted by Gasteiger charge is 2.33. The molecule has 1 fully saturated rings. The number of hydrogen-bond acceptors (Lipinski definition) is 3. The van der Waals surface area contributed by atoms with Gasteiger partial charge in [-0.05, 0) is 25.2 Å². The summed E-state index contributed by atoms with van der Waals surface area (Å²) in [4.78, 5) is 10.9. The molecule has 0 amide bonds. The number of aliphatic hydroxyl groups is 1. The zero-order valence-electron chi connectivity index (χ0n) is 9.74. The summed E-state index contributed by atoms with van der Waals surface area (Å²) in [6, 6.07) is 0. The van der Waals surface area contributed by atoms with Crippen molar-refractivity contribution in [3.63, 3.8) is 0 Å². The number of esters is 1. The Hall–Kier alpha value is -0.570. The van der Waals surface area contributed by atoms with Gasteiger partial charge in [0.1, 0.15) is 6.10 Å². The van der Waals surface area contributed by atoms with Crippen LogP contribution in [0, 0.1) is 5.92 Å². The predicted octanol–water partition coefficient (Wildman–Crippen LogP) is 2.27. The summed E-state index contributed by atoms with van der Waals surface area (Å²) in [5, 5.41) is 9.81. The van der Waals surface area contributed by atoms with Crippen molar-refractivity contribution in [3.05, 3.63) is 0 Å². The second-order valence-corrected chi connectivity index (χ2v) is 4.47. The van der Waals surface area contributed by atoms with Gasteiger partial charge in [0.2, 0.25) is 0 Å². The van der Waals surface area contributed by atoms with Crippen LogP contribution in [0.3, 0.4) is 0 Å². The summed E-state index contributed by atoms with van der Waals surface area (Å²) < 4.78 is 5.22. The van der Waals surface area contributed by atoms with Crippen LogP contribution >= 0.6 is 0 Å². The van der Waals surface area contributed by atoms with Crippen molar-refractivity contribution < 1.29 is 14.6 Å². The van der Waals surface area contributed by atoms with E-state index in [0.29, 0.717) is 5.92 Å². The SMILES string of the molecule is CCCC[C@@H]1CCC[C@@H](O)[C@H]1OC(C)=O. The Labute approximate surface area is 91.8 Å². The van der Waals surface area contributed by atoms with Crippen LogP contribution in [0.5, 0.6) is 0 Å². The minimum Gasteiger partial charge on any atom is -0.460 e. The first-order valence-corrected chi connectivity index (χ1v) is 6.00. The standard InChI is InChI=1S/C12H22O3/c1-3-4-6-10-7-5-8-11(14)12(10)15-9(2)13/h10-12,14H,3-8H2,1-2H3/t10-,11-,12+/m1/s1. The first-order chi connectivity index (χ1) is 7.15. The van der Waals surface area contributed by atoms with Gasteiger partial charge in [-0.15, -0.1) is 0 Å². The average Bonchev–Trinajstić information content (AvgIpc) is 2.18. The summed E-state index contributed by atoms with van der Waals surface area (Å²) in [5.41, 5.74) is 0. The first kappa shape index (κ1) is 12.5. The molecule has 1 N–H and O–H groups in total. The van der Waals surface area contributed by atoms with Gasteiger partial charge < -0.3 is 9.84 Å². The smallest absolute Gasteiger partial charge is 0.303 e. The first-order valence-electron chi connectivity index (χ1n) is 6.00. The number of carbonyl (C=O) groups excluding carboxylic acids is 1. The van der Waals surface area contributed by atoms with Crippen molar-refractivity contribution in [2.24, 2.45) is 5.92 Å². The molecule has 88 valence electrons. The lowest BCUT2D eigenvalue weighted by atomic mass is 9.81. The summed E-state index contributed by atoms with van der Waals surface area (Å²) in [7, 11) is 0. The minimum absolute atomic E-state index is 0.261. The van der Waals surface area contributed by atoms with E-state index < -0.39 is 6.10 Å². The fraction of sp³-hybridized carbons (Fsp3) is 0.917. The molecule has 1 rings (SSSR count). The quantitative estimate of drug-likeness (QED) is 0.730. The van der Waals surface area contributed by atoms with E-state index in [1.807, 2.05) is 0 Å². The fourth-order valence-corrected chi connectivity index (χ4v) is 2.37. The van der Waals surface area contributed by atoms with E-state index in [1.54, 1.807) is 0 Å². The number of rotatable bonds is 4. The maximum Gasteiger partial charge on any atom is 0.303 e. The Bertz CT molecular complexity index is 203. The van der Waals surface area contributed by atoms with Gasteiger partial charge in [0.15, 0.2) is 0 Å². The third kappa shape index (κ3) is 3.82. The van der Waals surface area contributed by atoms with Crippen molar-refractivity contribution in [2.75, 3.05) is 0 Å². The molecule has 0 unspecified atom stereocenters. The second-order valence-electron chi connectivity index (χ2n) is 4.47. The van der Waals surface area contributed by atoms with E-state index in [2.05, 4.69) is 6.92 Å². The number of carbonyl (C=O) groups is 1. The number of unbranched alkanes of at least 4 members (excludes halogenated alkanes) is 1. The molecule has 15 heavy (non-hydrogen) atoms. The van der Waals surface area contributed by atoms with Gasteiger partial charge in [-0.25, -0.2) is 0 Å². The van der Waals surface area contributed by atoms with E-state index >= 15 is 0 Å². The molecule has 1 aliphatic carbocycles. The molecular formula is C12H22O3. The van der Waals surface area contributed by atoms with Crippen LogP contribution in [0.4, 0.5) is 0 Å². The third-order valence-electron chi connectivity index (χ3n) is 3.15. The van der Waals surface area contributed by atoms with E-state index in [4.69, 9.17) is 4.74 Å². The second kappa shape index (κ2) is 6.11. The highest BCUT2D eigenvalue weighted by molar-refractivity contribution is 5.66. The number of hydrogen-bond donors (Lipinski definition) is 1. The Kier molecular flexibility index (Phi) is 5.09. The Balaban J connectivity index is 2.51. The molecule has 0 aromatic heterocycles. The Morgan fingerprint density at radius 2 is 2.20 bits per heavy atom. The molecule has 3 nitrogen and oxygen atoms in total. The molecule has 0 radical (unpaired) electrons. The van der Waals surface area contributed by atoms with Crippen LogP contribution in [0.25, 0.3) is 0 Å². The molecule has 0 heterocycles. The van der Waals surface area contributed by atoms with E-state index in [1.165, 1.54) is 6.92 Å². The summed E-state index contributed by atoms with van der Waals surface area (Å²) in [6.07, 6.45) is 5.54. The minimum atomic E-state index is -0.454. The highest BCUT2D eigenvalue weighted by atomic mass is 16.6. The average molecular weight is 214 g/mol. The maximum atomic E-state index is 10.9. The van der Waals surface area contributed by atoms with Crippen molar-refractivity contribution in [1.29, 1.82) is 0 Å². The van der Waals surface area contributed by atoms with Crippen molar-refractivity contribution in [3.8, 4) is 0 Å². The zero-order chi connectivity index (χ0) is 11.3. The lowest BCUT2D eigenvalue weighted by molar-refractivity contribution is -0.160. The number of ether oxygens (including phenoxy) is 1. The number of aliphatic hydroxyl groups excluding tert-OH is 1. The van der Waals surface area contributed by atoms with Gasteiger partial charge >= 0.3 is 5.97 Å². The molecule has 0 spiro atoms. The largest absolute Gasteiger partial charge is 0.460 e. The summed E-state index contributed by atoms with van der Waals surface area (Å²) in [6.45, 7) is 3.57. The molecule has 0 bridgehead atoms. The van der Waals surface area contributed by atoms with Gasteiger partial charge in [-0.2, -0.15) is 0 Å². The fourth-order valence-electron chi connectivity index (χ4n) is 2.37. The van der Waals surface area contributed by atoms with Crippen LogP contribution in [0.1, 0.15) is 52.4 Å². The molecule has 0 aliphatic heterocycles. The van der Waals surface area contributed by atoms with Crippen LogP contribution < -0.4 is 0 Å². The van der Waals surface area contributed by atoms with Crippen LogP contribution in [0.2, 0.25) is 0 Å². The normalized spacial score (nSPS) is 31.3. The lowest BCUT2D eigenvalue weighted by Gasteiger charge is -2.34. The van der Waals surface area contributed by atoms with Crippen molar-refractivity contribution in [1.82, 2.24) is 0 Å². The van der Waals surface area contributed by atoms with Gasteiger partial charge in [0, 0.05) is 6.92 Å². The zero-order valence-corrected chi connectivity index (χ0v) is 9.74. The maximum absolute atomic E-state index is 10.9. The van der Waals surface area contributed by atoms with E-state index in [9.17, 15) is 9.90 Å². The molecule has 0 saturated heterocycles. The van der Waals surface area contributed by atoms with Crippen LogP contribution in [-0.4, -0.2) is 23.3 Å². The van der Waals surface area contributed by atoms with E-state index in [-0.39, 0.29) is 12.1 Å². The molecule has 0 aromatic carbocycles. The van der Waals surface area contributed by atoms with Crippen LogP contribution in [-0.2, 0) is 9.53 Å². The van der Waals surface area contributed by atoms with Gasteiger partial charge in [0.05, 0.1) is 6.10 Å². The van der Waals surface area contributed by atoms with Crippen molar-refractivity contribution in [2.45, 2.75) is 64.6 Å². The highest BCUT2D eigenvalue weighted by Crippen LogP contribution is 2.31. The molecule has 0 aromatic rings. The van der Waals surface area contributed by atoms with Crippen LogP contribution in [0.15, 0.2) is 0 Å².